The second-order valence-corrected chi connectivity index (χ2v) is 3.76. The molecule has 0 spiro atoms. The second kappa shape index (κ2) is 6.06. The van der Waals surface area contributed by atoms with E-state index in [1.165, 1.54) is 11.0 Å². The standard InChI is InChI=1S/C13H17NO3/c1-3-6-14(7-8-15)13(17)11-5-4-10(2)12(16)9-11/h3-5,9,15-16H,1,6-8H2,2H3. The van der Waals surface area contributed by atoms with E-state index in [0.717, 1.165) is 5.56 Å². The highest BCUT2D eigenvalue weighted by atomic mass is 16.3. The van der Waals surface area contributed by atoms with Crippen LogP contribution in [0.4, 0.5) is 0 Å². The highest BCUT2D eigenvalue weighted by molar-refractivity contribution is 5.94. The van der Waals surface area contributed by atoms with Crippen molar-refractivity contribution in [3.05, 3.63) is 42.0 Å². The molecule has 0 bridgehead atoms. The summed E-state index contributed by atoms with van der Waals surface area (Å²) < 4.78 is 0. The van der Waals surface area contributed by atoms with Crippen LogP contribution in [0.3, 0.4) is 0 Å². The Kier molecular flexibility index (Phi) is 4.72. The number of phenolic OH excluding ortho intramolecular Hbond substituents is 1. The molecule has 1 rings (SSSR count). The number of hydrogen-bond donors (Lipinski definition) is 2. The minimum Gasteiger partial charge on any atom is -0.508 e. The van der Waals surface area contributed by atoms with Crippen molar-refractivity contribution < 1.29 is 15.0 Å². The van der Waals surface area contributed by atoms with Gasteiger partial charge in [-0.2, -0.15) is 0 Å². The molecule has 0 heterocycles. The van der Waals surface area contributed by atoms with Gasteiger partial charge in [-0.15, -0.1) is 6.58 Å². The average molecular weight is 235 g/mol. The van der Waals surface area contributed by atoms with E-state index in [1.54, 1.807) is 25.1 Å². The van der Waals surface area contributed by atoms with Gasteiger partial charge in [-0.05, 0) is 24.6 Å². The molecule has 0 aliphatic carbocycles. The Morgan fingerprint density at radius 2 is 2.24 bits per heavy atom. The Labute approximate surface area is 101 Å². The lowest BCUT2D eigenvalue weighted by atomic mass is 10.1. The Morgan fingerprint density at radius 3 is 2.76 bits per heavy atom. The lowest BCUT2D eigenvalue weighted by Gasteiger charge is -2.20. The van der Waals surface area contributed by atoms with Crippen molar-refractivity contribution in [2.75, 3.05) is 19.7 Å². The molecule has 92 valence electrons. The van der Waals surface area contributed by atoms with Gasteiger partial charge in [0.2, 0.25) is 0 Å². The maximum absolute atomic E-state index is 12.0. The summed E-state index contributed by atoms with van der Waals surface area (Å²) in [5.74, 6) is -0.132. The zero-order valence-electron chi connectivity index (χ0n) is 9.89. The van der Waals surface area contributed by atoms with Crippen LogP contribution in [0.25, 0.3) is 0 Å². The van der Waals surface area contributed by atoms with E-state index in [1.807, 2.05) is 0 Å². The van der Waals surface area contributed by atoms with E-state index >= 15 is 0 Å². The van der Waals surface area contributed by atoms with Gasteiger partial charge in [-0.25, -0.2) is 0 Å². The first-order chi connectivity index (χ1) is 8.10. The smallest absolute Gasteiger partial charge is 0.254 e. The van der Waals surface area contributed by atoms with Gasteiger partial charge in [-0.1, -0.05) is 12.1 Å². The third kappa shape index (κ3) is 3.32. The Morgan fingerprint density at radius 1 is 1.53 bits per heavy atom. The minimum absolute atomic E-state index is 0.0957. The molecule has 0 fully saturated rings. The summed E-state index contributed by atoms with van der Waals surface area (Å²) in [5.41, 5.74) is 1.13. The fourth-order valence-corrected chi connectivity index (χ4v) is 1.48. The number of aliphatic hydroxyl groups is 1. The van der Waals surface area contributed by atoms with Crippen molar-refractivity contribution in [3.8, 4) is 5.75 Å². The predicted octanol–water partition coefficient (Wildman–Crippen LogP) is 1.32. The van der Waals surface area contributed by atoms with Crippen LogP contribution < -0.4 is 0 Å². The van der Waals surface area contributed by atoms with Crippen LogP contribution in [-0.4, -0.2) is 40.7 Å². The van der Waals surface area contributed by atoms with E-state index in [-0.39, 0.29) is 24.8 Å². The summed E-state index contributed by atoms with van der Waals surface area (Å²) in [5, 5.41) is 18.4. The molecule has 1 aromatic carbocycles. The molecule has 0 radical (unpaired) electrons. The zero-order valence-corrected chi connectivity index (χ0v) is 9.89. The van der Waals surface area contributed by atoms with Gasteiger partial charge >= 0.3 is 0 Å². The minimum atomic E-state index is -0.228. The van der Waals surface area contributed by atoms with Crippen molar-refractivity contribution in [2.24, 2.45) is 0 Å². The van der Waals surface area contributed by atoms with E-state index < -0.39 is 0 Å². The molecule has 0 aliphatic heterocycles. The van der Waals surface area contributed by atoms with E-state index in [0.29, 0.717) is 12.1 Å². The first kappa shape index (κ1) is 13.3. The first-order valence-electron chi connectivity index (χ1n) is 5.40. The lowest BCUT2D eigenvalue weighted by Crippen LogP contribution is -2.33. The van der Waals surface area contributed by atoms with E-state index in [9.17, 15) is 9.90 Å². The number of aromatic hydroxyl groups is 1. The van der Waals surface area contributed by atoms with E-state index in [4.69, 9.17) is 5.11 Å². The van der Waals surface area contributed by atoms with Gasteiger partial charge in [0.05, 0.1) is 6.61 Å². The number of carbonyl (C=O) groups excluding carboxylic acids is 1. The molecule has 0 unspecified atom stereocenters. The number of nitrogens with zero attached hydrogens (tertiary/aromatic N) is 1. The largest absolute Gasteiger partial charge is 0.508 e. The van der Waals surface area contributed by atoms with E-state index in [2.05, 4.69) is 6.58 Å². The van der Waals surface area contributed by atoms with Crippen molar-refractivity contribution >= 4 is 5.91 Å². The molecule has 1 aromatic rings. The fourth-order valence-electron chi connectivity index (χ4n) is 1.48. The number of phenols is 1. The number of hydrogen-bond acceptors (Lipinski definition) is 3. The molecule has 0 saturated heterocycles. The molecule has 0 aromatic heterocycles. The number of rotatable bonds is 5. The molecule has 4 heteroatoms. The molecule has 2 N–H and O–H groups in total. The van der Waals surface area contributed by atoms with Crippen LogP contribution in [0.2, 0.25) is 0 Å². The number of carbonyl (C=O) groups is 1. The Hall–Kier alpha value is -1.81. The number of benzene rings is 1. The average Bonchev–Trinajstić information content (AvgIpc) is 2.31. The van der Waals surface area contributed by atoms with Crippen LogP contribution >= 0.6 is 0 Å². The molecule has 0 saturated carbocycles. The third-order valence-corrected chi connectivity index (χ3v) is 2.46. The van der Waals surface area contributed by atoms with Crippen molar-refractivity contribution in [3.63, 3.8) is 0 Å². The lowest BCUT2D eigenvalue weighted by molar-refractivity contribution is 0.0742. The maximum Gasteiger partial charge on any atom is 0.254 e. The van der Waals surface area contributed by atoms with Crippen LogP contribution in [0.15, 0.2) is 30.9 Å². The molecule has 0 aliphatic rings. The Bertz CT molecular complexity index is 415. The van der Waals surface area contributed by atoms with Crippen LogP contribution in [-0.2, 0) is 0 Å². The van der Waals surface area contributed by atoms with Gasteiger partial charge in [-0.3, -0.25) is 4.79 Å². The predicted molar refractivity (Wildman–Crippen MR) is 66.0 cm³/mol. The van der Waals surface area contributed by atoms with Gasteiger partial charge in [0, 0.05) is 18.7 Å². The third-order valence-electron chi connectivity index (χ3n) is 2.46. The molecular formula is C13H17NO3. The molecular weight excluding hydrogens is 218 g/mol. The summed E-state index contributed by atoms with van der Waals surface area (Å²) >= 11 is 0. The quantitative estimate of drug-likeness (QED) is 0.757. The van der Waals surface area contributed by atoms with Crippen LogP contribution in [0, 0.1) is 6.92 Å². The van der Waals surface area contributed by atoms with Gasteiger partial charge < -0.3 is 15.1 Å². The summed E-state index contributed by atoms with van der Waals surface area (Å²) in [6, 6.07) is 4.78. The normalized spacial score (nSPS) is 10.0. The van der Waals surface area contributed by atoms with Crippen molar-refractivity contribution in [2.45, 2.75) is 6.92 Å². The van der Waals surface area contributed by atoms with Crippen LogP contribution in [0.1, 0.15) is 15.9 Å². The van der Waals surface area contributed by atoms with Crippen LogP contribution in [0.5, 0.6) is 5.75 Å². The molecule has 4 nitrogen and oxygen atoms in total. The monoisotopic (exact) mass is 235 g/mol. The number of aliphatic hydroxyl groups excluding tert-OH is 1. The summed E-state index contributed by atoms with van der Waals surface area (Å²) in [6.45, 7) is 5.85. The number of amides is 1. The van der Waals surface area contributed by atoms with Gasteiger partial charge in [0.15, 0.2) is 0 Å². The molecule has 1 amide bonds. The SMILES string of the molecule is C=CCN(CCO)C(=O)c1ccc(C)c(O)c1. The van der Waals surface area contributed by atoms with Gasteiger partial charge in [0.25, 0.3) is 5.91 Å². The zero-order chi connectivity index (χ0) is 12.8. The summed E-state index contributed by atoms with van der Waals surface area (Å²) in [7, 11) is 0. The molecule has 0 atom stereocenters. The Balaban J connectivity index is 2.92. The summed E-state index contributed by atoms with van der Waals surface area (Å²) in [6.07, 6.45) is 1.60. The highest BCUT2D eigenvalue weighted by Gasteiger charge is 2.14. The first-order valence-corrected chi connectivity index (χ1v) is 5.40. The van der Waals surface area contributed by atoms with Crippen molar-refractivity contribution in [1.82, 2.24) is 4.90 Å². The second-order valence-electron chi connectivity index (χ2n) is 3.76. The molecule has 17 heavy (non-hydrogen) atoms. The highest BCUT2D eigenvalue weighted by Crippen LogP contribution is 2.18. The number of aryl methyl sites for hydroxylation is 1. The fraction of sp³-hybridized carbons (Fsp3) is 0.308. The van der Waals surface area contributed by atoms with Gasteiger partial charge in [0.1, 0.15) is 5.75 Å². The maximum atomic E-state index is 12.0. The van der Waals surface area contributed by atoms with Crippen molar-refractivity contribution in [1.29, 1.82) is 0 Å². The topological polar surface area (TPSA) is 60.8 Å². The summed E-state index contributed by atoms with van der Waals surface area (Å²) in [4.78, 5) is 13.5.